The van der Waals surface area contributed by atoms with Crippen LogP contribution in [0.15, 0.2) is 24.5 Å². The van der Waals surface area contributed by atoms with Gasteiger partial charge in [0.15, 0.2) is 0 Å². The molecule has 0 spiro atoms. The summed E-state index contributed by atoms with van der Waals surface area (Å²) in [4.78, 5) is 16.7. The Kier molecular flexibility index (Phi) is 5.74. The van der Waals surface area contributed by atoms with Crippen LogP contribution in [0.3, 0.4) is 0 Å². The number of aromatic nitrogens is 1. The molecule has 1 aromatic rings. The third-order valence-corrected chi connectivity index (χ3v) is 4.27. The van der Waals surface area contributed by atoms with Gasteiger partial charge in [0.1, 0.15) is 5.54 Å². The van der Waals surface area contributed by atoms with E-state index in [0.29, 0.717) is 12.6 Å². The molecule has 1 fully saturated rings. The zero-order valence-corrected chi connectivity index (χ0v) is 13.1. The van der Waals surface area contributed by atoms with Crippen molar-refractivity contribution in [2.45, 2.75) is 64.0 Å². The van der Waals surface area contributed by atoms with Crippen LogP contribution in [0.25, 0.3) is 0 Å². The van der Waals surface area contributed by atoms with Gasteiger partial charge in [-0.15, -0.1) is 0 Å². The summed E-state index contributed by atoms with van der Waals surface area (Å²) in [6.45, 7) is 4.14. The molecule has 0 aromatic carbocycles. The molecule has 4 heteroatoms. The second-order valence-corrected chi connectivity index (χ2v) is 5.92. The molecule has 2 rings (SSSR count). The van der Waals surface area contributed by atoms with Crippen LogP contribution in [0.2, 0.25) is 0 Å². The minimum Gasteiger partial charge on any atom is -0.464 e. The number of ether oxygens (including phenoxy) is 1. The van der Waals surface area contributed by atoms with E-state index in [1.54, 1.807) is 12.4 Å². The third kappa shape index (κ3) is 4.03. The van der Waals surface area contributed by atoms with E-state index in [4.69, 9.17) is 4.74 Å². The molecule has 0 aliphatic heterocycles. The zero-order chi connectivity index (χ0) is 15.1. The maximum atomic E-state index is 12.5. The topological polar surface area (TPSA) is 51.2 Å². The van der Waals surface area contributed by atoms with Crippen molar-refractivity contribution in [1.82, 2.24) is 10.3 Å². The molecule has 1 unspecified atom stereocenters. The molecule has 1 aliphatic carbocycles. The fourth-order valence-corrected chi connectivity index (χ4v) is 3.03. The second-order valence-electron chi connectivity index (χ2n) is 5.92. The van der Waals surface area contributed by atoms with E-state index in [1.165, 1.54) is 25.7 Å². The monoisotopic (exact) mass is 290 g/mol. The van der Waals surface area contributed by atoms with E-state index in [2.05, 4.69) is 10.3 Å². The first kappa shape index (κ1) is 16.0. The summed E-state index contributed by atoms with van der Waals surface area (Å²) in [5.41, 5.74) is 0.0481. The van der Waals surface area contributed by atoms with Gasteiger partial charge in [-0.05, 0) is 32.8 Å². The summed E-state index contributed by atoms with van der Waals surface area (Å²) in [5, 5.41) is 3.56. The molecule has 1 N–H and O–H groups in total. The Hall–Kier alpha value is -1.42. The highest BCUT2D eigenvalue weighted by atomic mass is 16.5. The Bertz CT molecular complexity index is 441. The van der Waals surface area contributed by atoms with Gasteiger partial charge in [-0.1, -0.05) is 31.7 Å². The molecule has 1 saturated carbocycles. The van der Waals surface area contributed by atoms with Crippen LogP contribution in [0.5, 0.6) is 0 Å². The molecule has 0 bridgehead atoms. The van der Waals surface area contributed by atoms with Gasteiger partial charge < -0.3 is 4.74 Å². The van der Waals surface area contributed by atoms with E-state index in [1.807, 2.05) is 26.0 Å². The van der Waals surface area contributed by atoms with E-state index >= 15 is 0 Å². The summed E-state index contributed by atoms with van der Waals surface area (Å²) in [6, 6.07) is 4.16. The van der Waals surface area contributed by atoms with Gasteiger partial charge in [0.25, 0.3) is 0 Å². The van der Waals surface area contributed by atoms with Crippen LogP contribution < -0.4 is 5.32 Å². The zero-order valence-electron chi connectivity index (χ0n) is 13.1. The van der Waals surface area contributed by atoms with Crippen LogP contribution in [-0.2, 0) is 15.1 Å². The second kappa shape index (κ2) is 7.55. The Morgan fingerprint density at radius 1 is 1.38 bits per heavy atom. The van der Waals surface area contributed by atoms with Crippen molar-refractivity contribution < 1.29 is 9.53 Å². The molecule has 1 aliphatic rings. The summed E-state index contributed by atoms with van der Waals surface area (Å²) in [5.74, 6) is -0.220. The number of pyridine rings is 1. The predicted molar refractivity (Wildman–Crippen MR) is 82.8 cm³/mol. The standard InChI is InChI=1S/C17H26N2O2/c1-3-21-16(20)17(2,14-9-8-12-18-13-14)19-15-10-6-4-5-7-11-15/h8-9,12-13,15,19H,3-7,10-11H2,1-2H3. The maximum Gasteiger partial charge on any atom is 0.330 e. The molecule has 0 radical (unpaired) electrons. The summed E-state index contributed by atoms with van der Waals surface area (Å²) in [7, 11) is 0. The number of nitrogens with zero attached hydrogens (tertiary/aromatic N) is 1. The highest BCUT2D eigenvalue weighted by molar-refractivity contribution is 5.82. The highest BCUT2D eigenvalue weighted by Crippen LogP contribution is 2.26. The van der Waals surface area contributed by atoms with Crippen molar-refractivity contribution in [1.29, 1.82) is 0 Å². The Morgan fingerprint density at radius 3 is 2.67 bits per heavy atom. The Balaban J connectivity index is 2.21. The fourth-order valence-electron chi connectivity index (χ4n) is 3.03. The number of carbonyl (C=O) groups is 1. The van der Waals surface area contributed by atoms with Crippen LogP contribution in [0, 0.1) is 0 Å². The number of nitrogens with one attached hydrogen (secondary N) is 1. The predicted octanol–water partition coefficient (Wildman–Crippen LogP) is 3.17. The lowest BCUT2D eigenvalue weighted by atomic mass is 9.91. The van der Waals surface area contributed by atoms with Gasteiger partial charge in [0.2, 0.25) is 0 Å². The largest absolute Gasteiger partial charge is 0.464 e. The lowest BCUT2D eigenvalue weighted by Gasteiger charge is -2.33. The van der Waals surface area contributed by atoms with Gasteiger partial charge in [-0.25, -0.2) is 4.79 Å². The first-order chi connectivity index (χ1) is 10.2. The van der Waals surface area contributed by atoms with Gasteiger partial charge in [0.05, 0.1) is 6.61 Å². The van der Waals surface area contributed by atoms with Gasteiger partial charge in [0, 0.05) is 24.0 Å². The molecule has 1 heterocycles. The van der Waals surface area contributed by atoms with Crippen molar-refractivity contribution in [3.05, 3.63) is 30.1 Å². The van der Waals surface area contributed by atoms with E-state index in [-0.39, 0.29) is 5.97 Å². The fraction of sp³-hybridized carbons (Fsp3) is 0.647. The maximum absolute atomic E-state index is 12.5. The van der Waals surface area contributed by atoms with Crippen molar-refractivity contribution >= 4 is 5.97 Å². The first-order valence-electron chi connectivity index (χ1n) is 8.02. The minimum absolute atomic E-state index is 0.220. The van der Waals surface area contributed by atoms with E-state index < -0.39 is 5.54 Å². The van der Waals surface area contributed by atoms with Gasteiger partial charge in [-0.2, -0.15) is 0 Å². The molecule has 0 amide bonds. The average Bonchev–Trinajstić information content (AvgIpc) is 2.77. The van der Waals surface area contributed by atoms with Crippen molar-refractivity contribution in [2.24, 2.45) is 0 Å². The molecule has 4 nitrogen and oxygen atoms in total. The average molecular weight is 290 g/mol. The van der Waals surface area contributed by atoms with Gasteiger partial charge >= 0.3 is 5.97 Å². The molecule has 21 heavy (non-hydrogen) atoms. The Morgan fingerprint density at radius 2 is 2.10 bits per heavy atom. The lowest BCUT2D eigenvalue weighted by molar-refractivity contribution is -0.151. The van der Waals surface area contributed by atoms with Crippen molar-refractivity contribution in [3.63, 3.8) is 0 Å². The molecule has 1 atom stereocenters. The number of hydrogen-bond acceptors (Lipinski definition) is 4. The van der Waals surface area contributed by atoms with Crippen LogP contribution >= 0.6 is 0 Å². The summed E-state index contributed by atoms with van der Waals surface area (Å²) in [6.07, 6.45) is 10.8. The first-order valence-corrected chi connectivity index (χ1v) is 8.02. The Labute approximate surface area is 127 Å². The minimum atomic E-state index is -0.820. The summed E-state index contributed by atoms with van der Waals surface area (Å²) >= 11 is 0. The lowest BCUT2D eigenvalue weighted by Crippen LogP contribution is -2.52. The van der Waals surface area contributed by atoms with E-state index in [9.17, 15) is 4.79 Å². The number of carbonyl (C=O) groups excluding carboxylic acids is 1. The molecular weight excluding hydrogens is 264 g/mol. The number of esters is 1. The normalized spacial score (nSPS) is 19.5. The third-order valence-electron chi connectivity index (χ3n) is 4.27. The number of hydrogen-bond donors (Lipinski definition) is 1. The molecular formula is C17H26N2O2. The van der Waals surface area contributed by atoms with Gasteiger partial charge in [-0.3, -0.25) is 10.3 Å². The molecule has 1 aromatic heterocycles. The van der Waals surface area contributed by atoms with Crippen molar-refractivity contribution in [3.8, 4) is 0 Å². The molecule has 116 valence electrons. The SMILES string of the molecule is CCOC(=O)C(C)(NC1CCCCCC1)c1cccnc1. The van der Waals surface area contributed by atoms with Crippen LogP contribution in [-0.4, -0.2) is 23.6 Å². The summed E-state index contributed by atoms with van der Waals surface area (Å²) < 4.78 is 5.31. The number of rotatable bonds is 5. The van der Waals surface area contributed by atoms with Crippen LogP contribution in [0.4, 0.5) is 0 Å². The molecule has 0 saturated heterocycles. The smallest absolute Gasteiger partial charge is 0.330 e. The van der Waals surface area contributed by atoms with Crippen molar-refractivity contribution in [2.75, 3.05) is 6.61 Å². The highest BCUT2D eigenvalue weighted by Gasteiger charge is 2.38. The van der Waals surface area contributed by atoms with E-state index in [0.717, 1.165) is 18.4 Å². The quantitative estimate of drug-likeness (QED) is 0.668. The van der Waals surface area contributed by atoms with Crippen LogP contribution in [0.1, 0.15) is 57.9 Å².